The number of carbonyl (C=O) groups excluding carboxylic acids is 1. The first-order chi connectivity index (χ1) is 9.39. The number of methoxy groups -OCH3 is 1. The maximum Gasteiger partial charge on any atom is 0.262 e. The minimum Gasteiger partial charge on any atom is -0.497 e. The fourth-order valence-corrected chi connectivity index (χ4v) is 2.26. The zero-order valence-corrected chi connectivity index (χ0v) is 11.5. The average Bonchev–Trinajstić information content (AvgIpc) is 2.75. The highest BCUT2D eigenvalue weighted by Crippen LogP contribution is 2.25. The van der Waals surface area contributed by atoms with Crippen LogP contribution in [0.25, 0.3) is 0 Å². The first kappa shape index (κ1) is 14.7. The lowest BCUT2D eigenvalue weighted by atomic mass is 10.1. The van der Waals surface area contributed by atoms with E-state index in [2.05, 4.69) is 10.6 Å². The van der Waals surface area contributed by atoms with Gasteiger partial charge in [0.2, 0.25) is 5.91 Å². The van der Waals surface area contributed by atoms with Gasteiger partial charge >= 0.3 is 0 Å². The Morgan fingerprint density at radius 2 is 2.25 bits per heavy atom. The Hall–Kier alpha value is -1.69. The summed E-state index contributed by atoms with van der Waals surface area (Å²) in [6.07, 6.45) is -0.448. The van der Waals surface area contributed by atoms with Crippen LogP contribution in [0.1, 0.15) is 17.5 Å². The number of benzene rings is 1. The fraction of sp³-hybridized carbons (Fsp3) is 0.500. The van der Waals surface area contributed by atoms with E-state index in [0.29, 0.717) is 12.3 Å². The number of ether oxygens (including phenoxy) is 1. The third-order valence-electron chi connectivity index (χ3n) is 3.24. The third-order valence-corrected chi connectivity index (χ3v) is 3.24. The summed E-state index contributed by atoms with van der Waals surface area (Å²) in [4.78, 5) is 11.8. The molecule has 1 heterocycles. The van der Waals surface area contributed by atoms with Gasteiger partial charge in [0.25, 0.3) is 5.92 Å². The quantitative estimate of drug-likeness (QED) is 0.883. The first-order valence-corrected chi connectivity index (χ1v) is 6.43. The molecule has 20 heavy (non-hydrogen) atoms. The molecule has 1 aromatic rings. The molecule has 4 nitrogen and oxygen atoms in total. The van der Waals surface area contributed by atoms with E-state index in [9.17, 15) is 13.6 Å². The summed E-state index contributed by atoms with van der Waals surface area (Å²) >= 11 is 0. The lowest BCUT2D eigenvalue weighted by molar-refractivity contribution is -0.123. The molecule has 1 amide bonds. The van der Waals surface area contributed by atoms with Gasteiger partial charge in [-0.2, -0.15) is 0 Å². The first-order valence-electron chi connectivity index (χ1n) is 6.43. The molecule has 1 atom stereocenters. The van der Waals surface area contributed by atoms with Gasteiger partial charge in [0.15, 0.2) is 0 Å². The van der Waals surface area contributed by atoms with Gasteiger partial charge in [-0.05, 0) is 30.2 Å². The monoisotopic (exact) mass is 284 g/mol. The second-order valence-corrected chi connectivity index (χ2v) is 5.07. The molecule has 0 radical (unpaired) electrons. The number of amides is 1. The van der Waals surface area contributed by atoms with Crippen LogP contribution in [0, 0.1) is 6.92 Å². The molecular formula is C14H18F2N2O2. The maximum atomic E-state index is 13.0. The van der Waals surface area contributed by atoms with Crippen molar-refractivity contribution in [2.45, 2.75) is 31.9 Å². The Morgan fingerprint density at radius 1 is 1.50 bits per heavy atom. The Balaban J connectivity index is 1.92. The molecule has 0 aliphatic carbocycles. The summed E-state index contributed by atoms with van der Waals surface area (Å²) in [6.45, 7) is 1.77. The van der Waals surface area contributed by atoms with Crippen molar-refractivity contribution < 1.29 is 18.3 Å². The van der Waals surface area contributed by atoms with Crippen LogP contribution < -0.4 is 15.4 Å². The van der Waals surface area contributed by atoms with E-state index in [1.54, 1.807) is 7.11 Å². The lowest BCUT2D eigenvalue weighted by Gasteiger charge is -2.12. The molecule has 1 fully saturated rings. The van der Waals surface area contributed by atoms with Gasteiger partial charge in [0.05, 0.1) is 19.7 Å². The molecule has 1 unspecified atom stereocenters. The molecule has 0 saturated carbocycles. The Morgan fingerprint density at radius 3 is 2.85 bits per heavy atom. The van der Waals surface area contributed by atoms with Crippen LogP contribution in [0.3, 0.4) is 0 Å². The maximum absolute atomic E-state index is 13.0. The van der Waals surface area contributed by atoms with Crippen LogP contribution in [-0.4, -0.2) is 31.5 Å². The number of alkyl halides is 2. The SMILES string of the molecule is COc1cc(C)cc(CNC(=O)C2CC(F)(F)CN2)c1. The molecule has 0 aromatic heterocycles. The predicted molar refractivity (Wildman–Crippen MR) is 70.9 cm³/mol. The van der Waals surface area contributed by atoms with Gasteiger partial charge < -0.3 is 10.1 Å². The molecule has 1 aliphatic rings. The topological polar surface area (TPSA) is 50.4 Å². The summed E-state index contributed by atoms with van der Waals surface area (Å²) in [5.41, 5.74) is 1.89. The van der Waals surface area contributed by atoms with Crippen molar-refractivity contribution in [1.82, 2.24) is 10.6 Å². The predicted octanol–water partition coefficient (Wildman–Crippen LogP) is 1.62. The number of rotatable bonds is 4. The normalized spacial score (nSPS) is 20.7. The van der Waals surface area contributed by atoms with Gasteiger partial charge in [-0.1, -0.05) is 6.07 Å². The number of carbonyl (C=O) groups is 1. The number of hydrogen-bond acceptors (Lipinski definition) is 3. The molecule has 2 rings (SSSR count). The number of nitrogens with one attached hydrogen (secondary N) is 2. The van der Waals surface area contributed by atoms with Crippen molar-refractivity contribution in [3.05, 3.63) is 29.3 Å². The average molecular weight is 284 g/mol. The number of halogens is 2. The number of aryl methyl sites for hydroxylation is 1. The number of hydrogen-bond donors (Lipinski definition) is 2. The summed E-state index contributed by atoms with van der Waals surface area (Å²) < 4.78 is 31.2. The molecule has 1 aliphatic heterocycles. The van der Waals surface area contributed by atoms with Crippen LogP contribution in [-0.2, 0) is 11.3 Å². The summed E-state index contributed by atoms with van der Waals surface area (Å²) in [5.74, 6) is -2.49. The highest BCUT2D eigenvalue weighted by Gasteiger charge is 2.42. The van der Waals surface area contributed by atoms with E-state index in [-0.39, 0.29) is 0 Å². The van der Waals surface area contributed by atoms with Crippen LogP contribution in [0.2, 0.25) is 0 Å². The molecule has 0 bridgehead atoms. The molecule has 0 spiro atoms. The highest BCUT2D eigenvalue weighted by atomic mass is 19.3. The summed E-state index contributed by atoms with van der Waals surface area (Å²) in [7, 11) is 1.57. The van der Waals surface area contributed by atoms with Gasteiger partial charge in [-0.25, -0.2) is 8.78 Å². The fourth-order valence-electron chi connectivity index (χ4n) is 2.26. The molecular weight excluding hydrogens is 266 g/mol. The minimum atomic E-state index is -2.80. The van der Waals surface area contributed by atoms with E-state index in [1.165, 1.54) is 0 Å². The van der Waals surface area contributed by atoms with E-state index < -0.39 is 30.8 Å². The van der Waals surface area contributed by atoms with Gasteiger partial charge in [0.1, 0.15) is 5.75 Å². The van der Waals surface area contributed by atoms with E-state index >= 15 is 0 Å². The van der Waals surface area contributed by atoms with E-state index in [4.69, 9.17) is 4.74 Å². The van der Waals surface area contributed by atoms with Crippen molar-refractivity contribution in [3.63, 3.8) is 0 Å². The summed E-state index contributed by atoms with van der Waals surface area (Å²) in [6, 6.07) is 4.78. The van der Waals surface area contributed by atoms with Crippen molar-refractivity contribution in [3.8, 4) is 5.75 Å². The second kappa shape index (κ2) is 5.75. The minimum absolute atomic E-state index is 0.292. The van der Waals surface area contributed by atoms with E-state index in [0.717, 1.165) is 11.1 Å². The molecule has 110 valence electrons. The highest BCUT2D eigenvalue weighted by molar-refractivity contribution is 5.82. The summed E-state index contributed by atoms with van der Waals surface area (Å²) in [5, 5.41) is 5.20. The van der Waals surface area contributed by atoms with Crippen molar-refractivity contribution >= 4 is 5.91 Å². The zero-order chi connectivity index (χ0) is 14.8. The van der Waals surface area contributed by atoms with Gasteiger partial charge in [-0.15, -0.1) is 0 Å². The smallest absolute Gasteiger partial charge is 0.262 e. The zero-order valence-electron chi connectivity index (χ0n) is 11.5. The lowest BCUT2D eigenvalue weighted by Crippen LogP contribution is -2.40. The van der Waals surface area contributed by atoms with Crippen LogP contribution in [0.4, 0.5) is 8.78 Å². The molecule has 2 N–H and O–H groups in total. The van der Waals surface area contributed by atoms with Crippen molar-refractivity contribution in [2.24, 2.45) is 0 Å². The Bertz CT molecular complexity index is 506. The van der Waals surface area contributed by atoms with Crippen molar-refractivity contribution in [2.75, 3.05) is 13.7 Å². The molecule has 1 aromatic carbocycles. The van der Waals surface area contributed by atoms with E-state index in [1.807, 2.05) is 25.1 Å². The van der Waals surface area contributed by atoms with Gasteiger partial charge in [-0.3, -0.25) is 10.1 Å². The second-order valence-electron chi connectivity index (χ2n) is 5.07. The Kier molecular flexibility index (Phi) is 4.23. The van der Waals surface area contributed by atoms with Crippen LogP contribution in [0.15, 0.2) is 18.2 Å². The molecule has 1 saturated heterocycles. The van der Waals surface area contributed by atoms with Gasteiger partial charge in [0, 0.05) is 13.0 Å². The van der Waals surface area contributed by atoms with Crippen molar-refractivity contribution in [1.29, 1.82) is 0 Å². The standard InChI is InChI=1S/C14H18F2N2O2/c1-9-3-10(5-11(4-9)20-2)7-17-13(19)12-6-14(15,16)8-18-12/h3-5,12,18H,6-8H2,1-2H3,(H,17,19). The van der Waals surface area contributed by atoms with Crippen LogP contribution in [0.5, 0.6) is 5.75 Å². The Labute approximate surface area is 116 Å². The largest absolute Gasteiger partial charge is 0.497 e. The van der Waals surface area contributed by atoms with Crippen LogP contribution >= 0.6 is 0 Å². The third kappa shape index (κ3) is 3.66. The molecule has 6 heteroatoms.